The van der Waals surface area contributed by atoms with E-state index in [9.17, 15) is 4.79 Å². The lowest BCUT2D eigenvalue weighted by atomic mass is 10.0. The molecule has 2 atom stereocenters. The third-order valence-corrected chi connectivity index (χ3v) is 2.29. The SMILES string of the molecule is C#CCC(=O)NC1CCC(C)NC1. The Morgan fingerprint density at radius 2 is 2.46 bits per heavy atom. The van der Waals surface area contributed by atoms with Gasteiger partial charge in [0.05, 0.1) is 6.42 Å². The molecule has 0 saturated carbocycles. The first kappa shape index (κ1) is 10.1. The summed E-state index contributed by atoms with van der Waals surface area (Å²) in [4.78, 5) is 11.1. The van der Waals surface area contributed by atoms with Gasteiger partial charge in [0, 0.05) is 18.6 Å². The standard InChI is InChI=1S/C10H16N2O/c1-3-4-10(13)12-9-6-5-8(2)11-7-9/h1,8-9,11H,4-7H2,2H3,(H,12,13). The van der Waals surface area contributed by atoms with Gasteiger partial charge in [-0.05, 0) is 19.8 Å². The van der Waals surface area contributed by atoms with Gasteiger partial charge in [0.1, 0.15) is 0 Å². The molecule has 0 aromatic rings. The molecular weight excluding hydrogens is 164 g/mol. The second-order valence-corrected chi connectivity index (χ2v) is 3.53. The zero-order chi connectivity index (χ0) is 9.68. The molecule has 13 heavy (non-hydrogen) atoms. The molecule has 0 aromatic heterocycles. The summed E-state index contributed by atoms with van der Waals surface area (Å²) < 4.78 is 0. The molecule has 1 aliphatic heterocycles. The summed E-state index contributed by atoms with van der Waals surface area (Å²) in [7, 11) is 0. The van der Waals surface area contributed by atoms with Gasteiger partial charge in [-0.2, -0.15) is 0 Å². The molecule has 0 aromatic carbocycles. The third-order valence-electron chi connectivity index (χ3n) is 2.29. The minimum Gasteiger partial charge on any atom is -0.351 e. The van der Waals surface area contributed by atoms with Crippen LogP contribution in [-0.4, -0.2) is 24.5 Å². The Morgan fingerprint density at radius 1 is 1.69 bits per heavy atom. The van der Waals surface area contributed by atoms with E-state index in [1.807, 2.05) is 0 Å². The monoisotopic (exact) mass is 180 g/mol. The number of rotatable bonds is 2. The summed E-state index contributed by atoms with van der Waals surface area (Å²) in [6.45, 7) is 3.01. The molecule has 1 saturated heterocycles. The van der Waals surface area contributed by atoms with Crippen LogP contribution in [0.15, 0.2) is 0 Å². The van der Waals surface area contributed by atoms with Gasteiger partial charge in [0.2, 0.25) is 5.91 Å². The Labute approximate surface area is 79.3 Å². The Balaban J connectivity index is 2.23. The van der Waals surface area contributed by atoms with E-state index in [4.69, 9.17) is 6.42 Å². The molecule has 0 bridgehead atoms. The predicted octanol–water partition coefficient (Wildman–Crippen LogP) is 0.266. The van der Waals surface area contributed by atoms with Crippen LogP contribution in [-0.2, 0) is 4.79 Å². The number of hydrogen-bond acceptors (Lipinski definition) is 2. The topological polar surface area (TPSA) is 41.1 Å². The second-order valence-electron chi connectivity index (χ2n) is 3.53. The summed E-state index contributed by atoms with van der Waals surface area (Å²) in [6, 6.07) is 0.831. The fourth-order valence-corrected chi connectivity index (χ4v) is 1.49. The summed E-state index contributed by atoms with van der Waals surface area (Å²) in [5.74, 6) is 2.30. The lowest BCUT2D eigenvalue weighted by Crippen LogP contribution is -2.48. The number of terminal acetylenes is 1. The average Bonchev–Trinajstić information content (AvgIpc) is 2.09. The number of hydrogen-bond donors (Lipinski definition) is 2. The fraction of sp³-hybridized carbons (Fsp3) is 0.700. The molecule has 1 aliphatic rings. The summed E-state index contributed by atoms with van der Waals surface area (Å²) in [6.07, 6.45) is 7.37. The highest BCUT2D eigenvalue weighted by Gasteiger charge is 2.18. The molecule has 1 rings (SSSR count). The number of carbonyl (C=O) groups excluding carboxylic acids is 1. The summed E-state index contributed by atoms with van der Waals surface area (Å²) in [5, 5.41) is 6.21. The van der Waals surface area contributed by atoms with Crippen LogP contribution in [0.4, 0.5) is 0 Å². The number of amides is 1. The Morgan fingerprint density at radius 3 is 3.00 bits per heavy atom. The van der Waals surface area contributed by atoms with Crippen molar-refractivity contribution in [3.63, 3.8) is 0 Å². The minimum absolute atomic E-state index is 0.0381. The second kappa shape index (κ2) is 4.88. The zero-order valence-corrected chi connectivity index (χ0v) is 7.97. The molecule has 0 radical (unpaired) electrons. The largest absolute Gasteiger partial charge is 0.351 e. The van der Waals surface area contributed by atoms with Crippen molar-refractivity contribution in [2.75, 3.05) is 6.54 Å². The highest BCUT2D eigenvalue weighted by atomic mass is 16.1. The van der Waals surface area contributed by atoms with Gasteiger partial charge in [-0.1, -0.05) is 5.92 Å². The van der Waals surface area contributed by atoms with Gasteiger partial charge < -0.3 is 10.6 Å². The first-order valence-electron chi connectivity index (χ1n) is 4.68. The van der Waals surface area contributed by atoms with Gasteiger partial charge in [0.15, 0.2) is 0 Å². The molecule has 72 valence electrons. The van der Waals surface area contributed by atoms with E-state index in [2.05, 4.69) is 23.5 Å². The van der Waals surface area contributed by atoms with Crippen molar-refractivity contribution in [1.29, 1.82) is 0 Å². The van der Waals surface area contributed by atoms with Crippen LogP contribution in [0.1, 0.15) is 26.2 Å². The van der Waals surface area contributed by atoms with Gasteiger partial charge in [-0.3, -0.25) is 4.79 Å². The maximum atomic E-state index is 11.1. The summed E-state index contributed by atoms with van der Waals surface area (Å²) in [5.41, 5.74) is 0. The van der Waals surface area contributed by atoms with Crippen LogP contribution < -0.4 is 10.6 Å². The van der Waals surface area contributed by atoms with E-state index < -0.39 is 0 Å². The maximum absolute atomic E-state index is 11.1. The van der Waals surface area contributed by atoms with Crippen LogP contribution in [0.25, 0.3) is 0 Å². The van der Waals surface area contributed by atoms with Gasteiger partial charge in [-0.25, -0.2) is 0 Å². The molecule has 0 aliphatic carbocycles. The maximum Gasteiger partial charge on any atom is 0.232 e. The van der Waals surface area contributed by atoms with Gasteiger partial charge in [-0.15, -0.1) is 6.42 Å². The smallest absolute Gasteiger partial charge is 0.232 e. The van der Waals surface area contributed by atoms with Crippen LogP contribution in [0.5, 0.6) is 0 Å². The first-order valence-corrected chi connectivity index (χ1v) is 4.68. The Kier molecular flexibility index (Phi) is 3.78. The van der Waals surface area contributed by atoms with E-state index >= 15 is 0 Å². The van der Waals surface area contributed by atoms with Crippen molar-refractivity contribution in [3.8, 4) is 12.3 Å². The van der Waals surface area contributed by atoms with Crippen molar-refractivity contribution >= 4 is 5.91 Å². The first-order chi connectivity index (χ1) is 6.22. The van der Waals surface area contributed by atoms with Gasteiger partial charge >= 0.3 is 0 Å². The van der Waals surface area contributed by atoms with Crippen molar-refractivity contribution < 1.29 is 4.79 Å². The fourth-order valence-electron chi connectivity index (χ4n) is 1.49. The van der Waals surface area contributed by atoms with Crippen LogP contribution >= 0.6 is 0 Å². The van der Waals surface area contributed by atoms with E-state index in [1.54, 1.807) is 0 Å². The number of carbonyl (C=O) groups is 1. The highest BCUT2D eigenvalue weighted by molar-refractivity contribution is 5.78. The minimum atomic E-state index is -0.0381. The third kappa shape index (κ3) is 3.47. The molecule has 0 spiro atoms. The number of piperidine rings is 1. The molecule has 3 nitrogen and oxygen atoms in total. The number of nitrogens with one attached hydrogen (secondary N) is 2. The lowest BCUT2D eigenvalue weighted by Gasteiger charge is -2.28. The molecule has 1 amide bonds. The Bertz CT molecular complexity index is 211. The zero-order valence-electron chi connectivity index (χ0n) is 7.97. The van der Waals surface area contributed by atoms with E-state index in [-0.39, 0.29) is 18.4 Å². The van der Waals surface area contributed by atoms with E-state index in [0.29, 0.717) is 6.04 Å². The van der Waals surface area contributed by atoms with Crippen molar-refractivity contribution in [2.45, 2.75) is 38.3 Å². The molecule has 2 unspecified atom stereocenters. The molecular formula is C10H16N2O. The van der Waals surface area contributed by atoms with E-state index in [0.717, 1.165) is 19.4 Å². The Hall–Kier alpha value is -1.01. The average molecular weight is 180 g/mol. The normalized spacial score (nSPS) is 27.7. The molecule has 3 heteroatoms. The lowest BCUT2D eigenvalue weighted by molar-refractivity contribution is -0.120. The van der Waals surface area contributed by atoms with Crippen molar-refractivity contribution in [3.05, 3.63) is 0 Å². The predicted molar refractivity (Wildman–Crippen MR) is 52.1 cm³/mol. The molecule has 1 heterocycles. The quantitative estimate of drug-likeness (QED) is 0.599. The molecule has 1 fully saturated rings. The summed E-state index contributed by atoms with van der Waals surface area (Å²) >= 11 is 0. The van der Waals surface area contributed by atoms with E-state index in [1.165, 1.54) is 0 Å². The molecule has 2 N–H and O–H groups in total. The van der Waals surface area contributed by atoms with Crippen LogP contribution in [0.3, 0.4) is 0 Å². The van der Waals surface area contributed by atoms with Crippen molar-refractivity contribution in [2.24, 2.45) is 0 Å². The van der Waals surface area contributed by atoms with Crippen LogP contribution in [0, 0.1) is 12.3 Å². The van der Waals surface area contributed by atoms with Gasteiger partial charge in [0.25, 0.3) is 0 Å². The van der Waals surface area contributed by atoms with Crippen LogP contribution in [0.2, 0.25) is 0 Å². The highest BCUT2D eigenvalue weighted by Crippen LogP contribution is 2.07. The van der Waals surface area contributed by atoms with Crippen molar-refractivity contribution in [1.82, 2.24) is 10.6 Å².